The van der Waals surface area contributed by atoms with Crippen molar-refractivity contribution in [2.75, 3.05) is 13.2 Å². The van der Waals surface area contributed by atoms with Crippen molar-refractivity contribution in [1.82, 2.24) is 0 Å². The van der Waals surface area contributed by atoms with Gasteiger partial charge in [-0.25, -0.2) is 0 Å². The third-order valence-electron chi connectivity index (χ3n) is 7.05. The highest BCUT2D eigenvalue weighted by Crippen LogP contribution is 2.10. The Kier molecular flexibility index (Phi) is 32.2. The Hall–Kier alpha value is -2.40. The van der Waals surface area contributed by atoms with Gasteiger partial charge in [0.1, 0.15) is 6.61 Å². The second kappa shape index (κ2) is 34.1. The summed E-state index contributed by atoms with van der Waals surface area (Å²) in [5.41, 5.74) is 0. The van der Waals surface area contributed by atoms with Gasteiger partial charge in [0.05, 0.1) is 6.61 Å². The molecule has 1 atom stereocenters. The van der Waals surface area contributed by atoms with E-state index in [2.05, 4.69) is 74.6 Å². The molecular weight excluding hydrogens is 536 g/mol. The summed E-state index contributed by atoms with van der Waals surface area (Å²) in [6.07, 6.45) is 42.7. The average Bonchev–Trinajstić information content (AvgIpc) is 3.01. The molecular formula is C38H64O5. The van der Waals surface area contributed by atoms with Crippen molar-refractivity contribution in [2.45, 2.75) is 155 Å². The van der Waals surface area contributed by atoms with Crippen LogP contribution in [0, 0.1) is 0 Å². The molecule has 0 saturated heterocycles. The van der Waals surface area contributed by atoms with Gasteiger partial charge < -0.3 is 14.6 Å². The van der Waals surface area contributed by atoms with E-state index in [1.54, 1.807) is 0 Å². The minimum Gasteiger partial charge on any atom is -0.462 e. The third-order valence-corrected chi connectivity index (χ3v) is 7.05. The van der Waals surface area contributed by atoms with Crippen LogP contribution in [0.2, 0.25) is 0 Å². The molecule has 0 saturated carbocycles. The monoisotopic (exact) mass is 600 g/mol. The molecule has 0 amide bonds. The lowest BCUT2D eigenvalue weighted by Crippen LogP contribution is -2.28. The zero-order valence-electron chi connectivity index (χ0n) is 27.7. The van der Waals surface area contributed by atoms with Gasteiger partial charge in [-0.1, -0.05) is 120 Å². The van der Waals surface area contributed by atoms with Crippen LogP contribution in [0.3, 0.4) is 0 Å². The van der Waals surface area contributed by atoms with E-state index in [0.717, 1.165) is 77.0 Å². The minimum absolute atomic E-state index is 0.0877. The number of aliphatic hydroxyl groups is 1. The maximum atomic E-state index is 12.1. The first-order chi connectivity index (χ1) is 21.1. The van der Waals surface area contributed by atoms with Gasteiger partial charge in [0.15, 0.2) is 6.10 Å². The van der Waals surface area contributed by atoms with Crippen LogP contribution < -0.4 is 0 Å². The average molecular weight is 601 g/mol. The van der Waals surface area contributed by atoms with Crippen LogP contribution in [-0.4, -0.2) is 36.4 Å². The van der Waals surface area contributed by atoms with Crippen molar-refractivity contribution in [3.8, 4) is 0 Å². The molecule has 0 aromatic rings. The Morgan fingerprint density at radius 1 is 0.558 bits per heavy atom. The van der Waals surface area contributed by atoms with Crippen molar-refractivity contribution >= 4 is 11.9 Å². The van der Waals surface area contributed by atoms with E-state index < -0.39 is 6.10 Å². The van der Waals surface area contributed by atoms with Crippen LogP contribution in [0.4, 0.5) is 0 Å². The molecule has 0 aliphatic heterocycles. The lowest BCUT2D eigenvalue weighted by Gasteiger charge is -2.15. The number of unbranched alkanes of at least 4 members (excludes halogenated alkanes) is 12. The Bertz CT molecular complexity index is 777. The second-order valence-corrected chi connectivity index (χ2v) is 11.2. The summed E-state index contributed by atoms with van der Waals surface area (Å²) in [7, 11) is 0. The van der Waals surface area contributed by atoms with Crippen LogP contribution in [0.15, 0.2) is 60.8 Å². The summed E-state index contributed by atoms with van der Waals surface area (Å²) in [5.74, 6) is -0.648. The van der Waals surface area contributed by atoms with Crippen LogP contribution in [0.1, 0.15) is 149 Å². The summed E-state index contributed by atoms with van der Waals surface area (Å²) in [6, 6.07) is 0. The number of hydrogen-bond donors (Lipinski definition) is 1. The Morgan fingerprint density at radius 3 is 1.53 bits per heavy atom. The molecule has 246 valence electrons. The number of carbonyl (C=O) groups excluding carboxylic acids is 2. The smallest absolute Gasteiger partial charge is 0.306 e. The van der Waals surface area contributed by atoms with E-state index in [1.807, 2.05) is 0 Å². The fraction of sp³-hybridized carbons (Fsp3) is 0.684. The maximum Gasteiger partial charge on any atom is 0.306 e. The summed E-state index contributed by atoms with van der Waals surface area (Å²) in [4.78, 5) is 24.1. The first-order valence-corrected chi connectivity index (χ1v) is 17.3. The lowest BCUT2D eigenvalue weighted by molar-refractivity contribution is -0.161. The van der Waals surface area contributed by atoms with Crippen LogP contribution in [0.25, 0.3) is 0 Å². The zero-order valence-corrected chi connectivity index (χ0v) is 27.7. The van der Waals surface area contributed by atoms with E-state index in [9.17, 15) is 14.7 Å². The topological polar surface area (TPSA) is 72.8 Å². The quantitative estimate of drug-likeness (QED) is 0.0504. The van der Waals surface area contributed by atoms with Crippen molar-refractivity contribution in [3.05, 3.63) is 60.8 Å². The molecule has 0 rings (SSSR count). The number of allylic oxidation sites excluding steroid dienone is 10. The van der Waals surface area contributed by atoms with E-state index in [0.29, 0.717) is 12.8 Å². The van der Waals surface area contributed by atoms with Gasteiger partial charge in [-0.05, 0) is 77.0 Å². The molecule has 43 heavy (non-hydrogen) atoms. The van der Waals surface area contributed by atoms with E-state index in [4.69, 9.17) is 9.47 Å². The molecule has 5 heteroatoms. The van der Waals surface area contributed by atoms with Gasteiger partial charge in [0.2, 0.25) is 0 Å². The molecule has 0 aromatic carbocycles. The van der Waals surface area contributed by atoms with Crippen molar-refractivity contribution < 1.29 is 24.2 Å². The molecule has 1 unspecified atom stereocenters. The van der Waals surface area contributed by atoms with E-state index in [1.165, 1.54) is 44.9 Å². The normalized spacial score (nSPS) is 12.9. The van der Waals surface area contributed by atoms with Crippen molar-refractivity contribution in [3.63, 3.8) is 0 Å². The third kappa shape index (κ3) is 32.4. The molecule has 0 bridgehead atoms. The highest BCUT2D eigenvalue weighted by atomic mass is 16.6. The fourth-order valence-electron chi connectivity index (χ4n) is 4.42. The van der Waals surface area contributed by atoms with Gasteiger partial charge in [-0.15, -0.1) is 0 Å². The standard InChI is InChI=1S/C38H64O5/c1-3-5-7-9-11-13-15-17-18-19-21-22-24-26-28-30-32-37(40)42-35-36(34-39)43-38(41)33-31-29-27-25-23-20-16-14-12-10-8-6-4-2/h6,8,12-15,18-20,23,36,39H,3-5,7,9-11,16-17,21-22,24-35H2,1-2H3/b8-6-,14-12-,15-13-,19-18-,23-20-. The van der Waals surface area contributed by atoms with Crippen LogP contribution in [-0.2, 0) is 19.1 Å². The fourth-order valence-corrected chi connectivity index (χ4v) is 4.42. The Balaban J connectivity index is 3.67. The molecule has 0 radical (unpaired) electrons. The SMILES string of the molecule is CC/C=C\C/C=C\C/C=C\CCCCCC(=O)OC(CO)COC(=O)CCCCCCC/C=C\C/C=C\CCCCCC. The molecule has 0 aromatic heterocycles. The number of rotatable bonds is 30. The summed E-state index contributed by atoms with van der Waals surface area (Å²) >= 11 is 0. The maximum absolute atomic E-state index is 12.1. The number of carbonyl (C=O) groups is 2. The summed E-state index contributed by atoms with van der Waals surface area (Å²) in [5, 5.41) is 9.50. The molecule has 0 fully saturated rings. The van der Waals surface area contributed by atoms with E-state index >= 15 is 0 Å². The predicted octanol–water partition coefficient (Wildman–Crippen LogP) is 10.4. The number of esters is 2. The van der Waals surface area contributed by atoms with Crippen molar-refractivity contribution in [2.24, 2.45) is 0 Å². The molecule has 0 spiro atoms. The first-order valence-electron chi connectivity index (χ1n) is 17.3. The molecule has 1 N–H and O–H groups in total. The second-order valence-electron chi connectivity index (χ2n) is 11.2. The Labute approximate surface area is 264 Å². The van der Waals surface area contributed by atoms with Gasteiger partial charge in [0, 0.05) is 12.8 Å². The summed E-state index contributed by atoms with van der Waals surface area (Å²) < 4.78 is 10.5. The minimum atomic E-state index is -0.792. The molecule has 0 aliphatic carbocycles. The Morgan fingerprint density at radius 2 is 1.00 bits per heavy atom. The zero-order chi connectivity index (χ0) is 31.5. The van der Waals surface area contributed by atoms with Gasteiger partial charge in [-0.3, -0.25) is 9.59 Å². The lowest BCUT2D eigenvalue weighted by atomic mass is 10.1. The van der Waals surface area contributed by atoms with Crippen LogP contribution >= 0.6 is 0 Å². The van der Waals surface area contributed by atoms with Gasteiger partial charge in [-0.2, -0.15) is 0 Å². The van der Waals surface area contributed by atoms with Crippen LogP contribution in [0.5, 0.6) is 0 Å². The number of hydrogen-bond acceptors (Lipinski definition) is 5. The summed E-state index contributed by atoms with van der Waals surface area (Å²) in [6.45, 7) is 3.94. The predicted molar refractivity (Wildman–Crippen MR) is 182 cm³/mol. The van der Waals surface area contributed by atoms with Gasteiger partial charge >= 0.3 is 11.9 Å². The molecule has 5 nitrogen and oxygen atoms in total. The largest absolute Gasteiger partial charge is 0.462 e. The van der Waals surface area contributed by atoms with Gasteiger partial charge in [0.25, 0.3) is 0 Å². The number of ether oxygens (including phenoxy) is 2. The highest BCUT2D eigenvalue weighted by molar-refractivity contribution is 5.70. The molecule has 0 aliphatic rings. The van der Waals surface area contributed by atoms with E-state index in [-0.39, 0.29) is 25.2 Å². The number of aliphatic hydroxyl groups excluding tert-OH is 1. The first kappa shape index (κ1) is 40.6. The van der Waals surface area contributed by atoms with Crippen molar-refractivity contribution in [1.29, 1.82) is 0 Å². The highest BCUT2D eigenvalue weighted by Gasteiger charge is 2.16. The molecule has 0 heterocycles.